The number of nitrogens with zero attached hydrogens (tertiary/aromatic N) is 1. The Morgan fingerprint density at radius 1 is 0.543 bits per heavy atom. The molecule has 0 aromatic heterocycles. The van der Waals surface area contributed by atoms with E-state index in [0.717, 1.165) is 25.7 Å². The molecular weight excluding hydrogens is 574 g/mol. The number of benzene rings is 2. The minimum atomic E-state index is -0.469. The summed E-state index contributed by atoms with van der Waals surface area (Å²) in [6.45, 7) is 5.66. The Morgan fingerprint density at radius 2 is 0.913 bits per heavy atom. The summed E-state index contributed by atoms with van der Waals surface area (Å²) in [5.74, 6) is 0.235. The zero-order chi connectivity index (χ0) is 33.1. The first-order valence-electron chi connectivity index (χ1n) is 18.1. The van der Waals surface area contributed by atoms with E-state index in [1.807, 2.05) is 12.1 Å². The molecule has 2 rings (SSSR count). The van der Waals surface area contributed by atoms with Crippen molar-refractivity contribution in [2.24, 2.45) is 0 Å². The Labute approximate surface area is 278 Å². The smallest absolute Gasteiger partial charge is 0.269 e. The van der Waals surface area contributed by atoms with E-state index in [-0.39, 0.29) is 0 Å². The van der Waals surface area contributed by atoms with Gasteiger partial charge < -0.3 is 9.47 Å². The summed E-state index contributed by atoms with van der Waals surface area (Å²) in [4.78, 5) is 25.5. The minimum absolute atomic E-state index is 0.341. The largest absolute Gasteiger partial charge is 0.493 e. The highest BCUT2D eigenvalue weighted by Gasteiger charge is 2.13. The third kappa shape index (κ3) is 17.8. The van der Waals surface area contributed by atoms with E-state index < -0.39 is 11.8 Å². The van der Waals surface area contributed by atoms with Crippen molar-refractivity contribution in [1.82, 2.24) is 10.9 Å². The van der Waals surface area contributed by atoms with Crippen molar-refractivity contribution < 1.29 is 19.1 Å². The Bertz CT molecular complexity index is 1100. The number of nitriles is 1. The van der Waals surface area contributed by atoms with Crippen LogP contribution in [0, 0.1) is 11.3 Å². The van der Waals surface area contributed by atoms with Gasteiger partial charge in [-0.05, 0) is 49.2 Å². The molecule has 0 spiro atoms. The van der Waals surface area contributed by atoms with Crippen molar-refractivity contribution in [2.45, 2.75) is 142 Å². The molecule has 2 N–H and O–H groups in total. The molecule has 0 saturated carbocycles. The van der Waals surface area contributed by atoms with E-state index in [4.69, 9.17) is 14.7 Å². The van der Waals surface area contributed by atoms with Crippen LogP contribution in [0.5, 0.6) is 11.5 Å². The van der Waals surface area contributed by atoms with E-state index in [1.165, 1.54) is 103 Å². The van der Waals surface area contributed by atoms with Crippen molar-refractivity contribution in [3.63, 3.8) is 0 Å². The van der Waals surface area contributed by atoms with Gasteiger partial charge in [0.15, 0.2) is 0 Å². The van der Waals surface area contributed by atoms with Gasteiger partial charge in [-0.2, -0.15) is 5.26 Å². The highest BCUT2D eigenvalue weighted by molar-refractivity contribution is 5.99. The Kier molecular flexibility index (Phi) is 21.5. The second-order valence-corrected chi connectivity index (χ2v) is 12.4. The number of hydrogen-bond acceptors (Lipinski definition) is 5. The van der Waals surface area contributed by atoms with Crippen molar-refractivity contribution in [1.29, 1.82) is 5.26 Å². The van der Waals surface area contributed by atoms with Gasteiger partial charge in [0.1, 0.15) is 11.5 Å². The molecule has 0 aliphatic heterocycles. The lowest BCUT2D eigenvalue weighted by molar-refractivity contribution is 0.0846. The quantitative estimate of drug-likeness (QED) is 0.0793. The lowest BCUT2D eigenvalue weighted by Crippen LogP contribution is -2.41. The van der Waals surface area contributed by atoms with E-state index in [2.05, 4.69) is 24.7 Å². The number of carbonyl (C=O) groups is 2. The summed E-state index contributed by atoms with van der Waals surface area (Å²) >= 11 is 0. The number of carbonyl (C=O) groups excluding carboxylic acids is 2. The summed E-state index contributed by atoms with van der Waals surface area (Å²) in [5.41, 5.74) is 6.09. The summed E-state index contributed by atoms with van der Waals surface area (Å²) < 4.78 is 12.1. The number of rotatable bonds is 26. The van der Waals surface area contributed by atoms with Crippen molar-refractivity contribution >= 4 is 11.8 Å². The Balaban J connectivity index is 1.83. The number of hydrazine groups is 1. The van der Waals surface area contributed by atoms with Crippen LogP contribution in [0.3, 0.4) is 0 Å². The second kappa shape index (κ2) is 25.6. The van der Waals surface area contributed by atoms with E-state index in [9.17, 15) is 9.59 Å². The zero-order valence-electron chi connectivity index (χ0n) is 28.7. The average molecular weight is 634 g/mol. The standard InChI is InChI=1S/C39H59N3O4/c1-3-5-7-9-11-13-15-17-19-21-27-45-36-29-35(39(44)42-41-38(43)34-25-23-33(32-40)24-26-34)30-37(31-36)46-28-22-20-18-16-14-12-10-8-6-4-2/h23-26,29-31H,3-22,27-28H2,1-2H3,(H,41,43)(H,42,44). The van der Waals surface area contributed by atoms with Crippen molar-refractivity contribution in [3.8, 4) is 17.6 Å². The number of unbranched alkanes of at least 4 members (excludes halogenated alkanes) is 18. The lowest BCUT2D eigenvalue weighted by atomic mass is 10.1. The molecule has 0 fully saturated rings. The fraction of sp³-hybridized carbons (Fsp3) is 0.615. The first-order chi connectivity index (χ1) is 22.6. The van der Waals surface area contributed by atoms with Crippen LogP contribution in [0.1, 0.15) is 169 Å². The van der Waals surface area contributed by atoms with Gasteiger partial charge >= 0.3 is 0 Å². The van der Waals surface area contributed by atoms with Crippen LogP contribution in [0.15, 0.2) is 42.5 Å². The SMILES string of the molecule is CCCCCCCCCCCCOc1cc(OCCCCCCCCCCCC)cc(C(=O)NNC(=O)c2ccc(C#N)cc2)c1. The molecule has 0 radical (unpaired) electrons. The average Bonchev–Trinajstić information content (AvgIpc) is 3.08. The van der Waals surface area contributed by atoms with Gasteiger partial charge in [-0.3, -0.25) is 20.4 Å². The van der Waals surface area contributed by atoms with Gasteiger partial charge in [0.25, 0.3) is 11.8 Å². The number of hydrogen-bond donors (Lipinski definition) is 2. The molecule has 0 heterocycles. The van der Waals surface area contributed by atoms with Crippen LogP contribution < -0.4 is 20.3 Å². The Morgan fingerprint density at radius 3 is 1.30 bits per heavy atom. The van der Waals surface area contributed by atoms with Crippen LogP contribution in [0.4, 0.5) is 0 Å². The highest BCUT2D eigenvalue weighted by atomic mass is 16.5. The maximum Gasteiger partial charge on any atom is 0.269 e. The van der Waals surface area contributed by atoms with Crippen molar-refractivity contribution in [3.05, 3.63) is 59.2 Å². The summed E-state index contributed by atoms with van der Waals surface area (Å²) in [7, 11) is 0. The molecule has 7 nitrogen and oxygen atoms in total. The van der Waals surface area contributed by atoms with Gasteiger partial charge in [0, 0.05) is 17.2 Å². The number of ether oxygens (including phenoxy) is 2. The van der Waals surface area contributed by atoms with Gasteiger partial charge in [0.05, 0.1) is 24.8 Å². The molecule has 2 amide bonds. The van der Waals surface area contributed by atoms with E-state index >= 15 is 0 Å². The molecule has 0 saturated heterocycles. The molecule has 46 heavy (non-hydrogen) atoms. The fourth-order valence-electron chi connectivity index (χ4n) is 5.38. The van der Waals surface area contributed by atoms with Crippen LogP contribution >= 0.6 is 0 Å². The van der Waals surface area contributed by atoms with Gasteiger partial charge in [0.2, 0.25) is 0 Å². The first kappa shape index (κ1) is 38.7. The molecule has 0 bridgehead atoms. The predicted molar refractivity (Wildman–Crippen MR) is 187 cm³/mol. The maximum atomic E-state index is 13.0. The number of nitrogens with one attached hydrogen (secondary N) is 2. The van der Waals surface area contributed by atoms with Crippen LogP contribution in [-0.2, 0) is 0 Å². The lowest BCUT2D eigenvalue weighted by Gasteiger charge is -2.13. The monoisotopic (exact) mass is 633 g/mol. The second-order valence-electron chi connectivity index (χ2n) is 12.4. The molecule has 0 atom stereocenters. The van der Waals surface area contributed by atoms with Gasteiger partial charge in [-0.1, -0.05) is 129 Å². The van der Waals surface area contributed by atoms with Crippen LogP contribution in [-0.4, -0.2) is 25.0 Å². The normalized spacial score (nSPS) is 10.7. The Hall–Kier alpha value is -3.53. The number of amides is 2. The summed E-state index contributed by atoms with van der Waals surface area (Å²) in [6, 6.07) is 13.5. The highest BCUT2D eigenvalue weighted by Crippen LogP contribution is 2.24. The molecule has 254 valence electrons. The van der Waals surface area contributed by atoms with Crippen molar-refractivity contribution in [2.75, 3.05) is 13.2 Å². The summed E-state index contributed by atoms with van der Waals surface area (Å²) in [6.07, 6.45) is 25.1. The van der Waals surface area contributed by atoms with E-state index in [0.29, 0.717) is 41.4 Å². The third-order valence-electron chi connectivity index (χ3n) is 8.24. The molecule has 0 aliphatic rings. The summed E-state index contributed by atoms with van der Waals surface area (Å²) in [5, 5.41) is 8.97. The van der Waals surface area contributed by atoms with Gasteiger partial charge in [-0.25, -0.2) is 0 Å². The first-order valence-corrected chi connectivity index (χ1v) is 18.1. The molecule has 0 aliphatic carbocycles. The fourth-order valence-corrected chi connectivity index (χ4v) is 5.38. The predicted octanol–water partition coefficient (Wildman–Crippen LogP) is 10.2. The molecule has 7 heteroatoms. The molecular formula is C39H59N3O4. The van der Waals surface area contributed by atoms with Crippen LogP contribution in [0.25, 0.3) is 0 Å². The maximum absolute atomic E-state index is 13.0. The van der Waals surface area contributed by atoms with E-state index in [1.54, 1.807) is 36.4 Å². The molecule has 2 aromatic rings. The topological polar surface area (TPSA) is 100 Å². The third-order valence-corrected chi connectivity index (χ3v) is 8.24. The molecule has 2 aromatic carbocycles. The molecule has 0 unspecified atom stereocenters. The van der Waals surface area contributed by atoms with Gasteiger partial charge in [-0.15, -0.1) is 0 Å². The minimum Gasteiger partial charge on any atom is -0.493 e. The zero-order valence-corrected chi connectivity index (χ0v) is 28.7. The van der Waals surface area contributed by atoms with Crippen LogP contribution in [0.2, 0.25) is 0 Å².